The molecule has 0 aliphatic carbocycles. The van der Waals surface area contributed by atoms with Crippen LogP contribution in [0.1, 0.15) is 24.1 Å². The van der Waals surface area contributed by atoms with Gasteiger partial charge in [-0.25, -0.2) is 8.42 Å². The van der Waals surface area contributed by atoms with E-state index in [-0.39, 0.29) is 16.8 Å². The number of carbonyl (C=O) groups excluding carboxylic acids is 1. The Balaban J connectivity index is 1.86. The van der Waals surface area contributed by atoms with Gasteiger partial charge in [0.2, 0.25) is 15.9 Å². The van der Waals surface area contributed by atoms with Gasteiger partial charge in [-0.05, 0) is 30.3 Å². The van der Waals surface area contributed by atoms with Crippen LogP contribution in [0.25, 0.3) is 0 Å². The normalized spacial score (nSPS) is 19.0. The van der Waals surface area contributed by atoms with Crippen molar-refractivity contribution < 1.29 is 13.2 Å². The summed E-state index contributed by atoms with van der Waals surface area (Å²) in [6.07, 6.45) is 0. The first kappa shape index (κ1) is 19.5. The lowest BCUT2D eigenvalue weighted by molar-refractivity contribution is -0.119. The van der Waals surface area contributed by atoms with E-state index in [4.69, 9.17) is 0 Å². The summed E-state index contributed by atoms with van der Waals surface area (Å²) in [6, 6.07) is 16.3. The van der Waals surface area contributed by atoms with E-state index in [9.17, 15) is 13.2 Å². The van der Waals surface area contributed by atoms with Crippen molar-refractivity contribution in [1.29, 1.82) is 0 Å². The second kappa shape index (κ2) is 8.21. The first-order valence-corrected chi connectivity index (χ1v) is 10.4. The van der Waals surface area contributed by atoms with Gasteiger partial charge in [-0.1, -0.05) is 42.5 Å². The number of sulfonamides is 1. The predicted molar refractivity (Wildman–Crippen MR) is 105 cm³/mol. The Bertz CT molecular complexity index is 882. The zero-order chi connectivity index (χ0) is 19.4. The van der Waals surface area contributed by atoms with E-state index in [2.05, 4.69) is 10.2 Å². The fraction of sp³-hybridized carbons (Fsp3) is 0.350. The van der Waals surface area contributed by atoms with Gasteiger partial charge in [-0.2, -0.15) is 4.31 Å². The molecule has 1 N–H and O–H groups in total. The van der Waals surface area contributed by atoms with Crippen LogP contribution in [0.15, 0.2) is 59.5 Å². The molecule has 0 saturated carbocycles. The van der Waals surface area contributed by atoms with Gasteiger partial charge in [0.05, 0.1) is 10.9 Å². The minimum Gasteiger partial charge on any atom is -0.352 e. The minimum absolute atomic E-state index is 0.116. The summed E-state index contributed by atoms with van der Waals surface area (Å²) < 4.78 is 28.2. The molecule has 2 aromatic carbocycles. The number of nitrogens with zero attached hydrogens (tertiary/aromatic N) is 2. The quantitative estimate of drug-likeness (QED) is 0.852. The van der Waals surface area contributed by atoms with Crippen LogP contribution >= 0.6 is 0 Å². The molecule has 144 valence electrons. The minimum atomic E-state index is -3.61. The number of carbonyl (C=O) groups is 1. The zero-order valence-electron chi connectivity index (χ0n) is 15.6. The van der Waals surface area contributed by atoms with Gasteiger partial charge >= 0.3 is 0 Å². The third-order valence-electron chi connectivity index (χ3n) is 4.79. The second-order valence-corrected chi connectivity index (χ2v) is 8.75. The molecule has 1 saturated heterocycles. The average Bonchev–Trinajstić information content (AvgIpc) is 2.67. The van der Waals surface area contributed by atoms with Crippen molar-refractivity contribution in [2.75, 3.05) is 26.7 Å². The van der Waals surface area contributed by atoms with E-state index >= 15 is 0 Å². The summed E-state index contributed by atoms with van der Waals surface area (Å²) >= 11 is 0. The molecule has 1 heterocycles. The third kappa shape index (κ3) is 4.55. The number of piperazine rings is 1. The number of amides is 1. The molecule has 7 heteroatoms. The maximum Gasteiger partial charge on any atom is 0.243 e. The van der Waals surface area contributed by atoms with Gasteiger partial charge in [0.25, 0.3) is 0 Å². The molecular formula is C20H25N3O3S. The number of nitrogens with one attached hydrogen (secondary N) is 1. The SMILES string of the molecule is CC(=O)NCc1ccc(S(=O)(=O)N2CCN(C)CC2c2ccccc2)cc1. The van der Waals surface area contributed by atoms with E-state index in [0.29, 0.717) is 26.2 Å². The van der Waals surface area contributed by atoms with Crippen molar-refractivity contribution in [3.63, 3.8) is 0 Å². The molecule has 2 aromatic rings. The molecule has 1 amide bonds. The maximum atomic E-state index is 13.3. The van der Waals surface area contributed by atoms with Crippen molar-refractivity contribution in [1.82, 2.24) is 14.5 Å². The van der Waals surface area contributed by atoms with Crippen molar-refractivity contribution in [2.24, 2.45) is 0 Å². The highest BCUT2D eigenvalue weighted by Gasteiger charge is 2.35. The van der Waals surface area contributed by atoms with E-state index in [1.807, 2.05) is 37.4 Å². The highest BCUT2D eigenvalue weighted by molar-refractivity contribution is 7.89. The first-order valence-electron chi connectivity index (χ1n) is 8.96. The molecule has 0 radical (unpaired) electrons. The Morgan fingerprint density at radius 2 is 1.74 bits per heavy atom. The molecule has 1 aliphatic rings. The topological polar surface area (TPSA) is 69.7 Å². The average molecular weight is 388 g/mol. The molecule has 6 nitrogen and oxygen atoms in total. The van der Waals surface area contributed by atoms with Gasteiger partial charge in [-0.15, -0.1) is 0 Å². The zero-order valence-corrected chi connectivity index (χ0v) is 16.4. The van der Waals surface area contributed by atoms with Crippen molar-refractivity contribution in [3.05, 3.63) is 65.7 Å². The Hall–Kier alpha value is -2.22. The smallest absolute Gasteiger partial charge is 0.243 e. The van der Waals surface area contributed by atoms with E-state index in [1.54, 1.807) is 28.6 Å². The van der Waals surface area contributed by atoms with Crippen LogP contribution in [0.2, 0.25) is 0 Å². The summed E-state index contributed by atoms with van der Waals surface area (Å²) in [5, 5.41) is 2.71. The maximum absolute atomic E-state index is 13.3. The number of likely N-dealkylation sites (N-methyl/N-ethyl adjacent to an activating group) is 1. The van der Waals surface area contributed by atoms with Crippen molar-refractivity contribution in [3.8, 4) is 0 Å². The van der Waals surface area contributed by atoms with Gasteiger partial charge in [-0.3, -0.25) is 4.79 Å². The fourth-order valence-electron chi connectivity index (χ4n) is 3.28. The fourth-order valence-corrected chi connectivity index (χ4v) is 4.87. The van der Waals surface area contributed by atoms with Crippen LogP contribution in [0, 0.1) is 0 Å². The van der Waals surface area contributed by atoms with Gasteiger partial charge < -0.3 is 10.2 Å². The van der Waals surface area contributed by atoms with Crippen LogP contribution < -0.4 is 5.32 Å². The van der Waals surface area contributed by atoms with Crippen molar-refractivity contribution in [2.45, 2.75) is 24.4 Å². The molecule has 1 atom stereocenters. The monoisotopic (exact) mass is 387 g/mol. The standard InChI is InChI=1S/C20H25N3O3S/c1-16(24)21-14-17-8-10-19(11-9-17)27(25,26)23-13-12-22(2)15-20(23)18-6-4-3-5-7-18/h3-11,20H,12-15H2,1-2H3,(H,21,24). The van der Waals surface area contributed by atoms with E-state index in [0.717, 1.165) is 11.1 Å². The molecule has 3 rings (SSSR count). The molecule has 1 unspecified atom stereocenters. The Kier molecular flexibility index (Phi) is 5.94. The molecular weight excluding hydrogens is 362 g/mol. The van der Waals surface area contributed by atoms with Gasteiger partial charge in [0, 0.05) is 33.1 Å². The Morgan fingerprint density at radius 1 is 1.07 bits per heavy atom. The number of hydrogen-bond acceptors (Lipinski definition) is 4. The highest BCUT2D eigenvalue weighted by Crippen LogP contribution is 2.30. The van der Waals surface area contributed by atoms with Crippen LogP contribution in [-0.2, 0) is 21.4 Å². The van der Waals surface area contributed by atoms with Crippen LogP contribution in [0.3, 0.4) is 0 Å². The lowest BCUT2D eigenvalue weighted by Crippen LogP contribution is -2.49. The van der Waals surface area contributed by atoms with Gasteiger partial charge in [0.15, 0.2) is 0 Å². The van der Waals surface area contributed by atoms with E-state index in [1.165, 1.54) is 6.92 Å². The summed E-state index contributed by atoms with van der Waals surface area (Å²) in [7, 11) is -1.60. The highest BCUT2D eigenvalue weighted by atomic mass is 32.2. The lowest BCUT2D eigenvalue weighted by Gasteiger charge is -2.39. The van der Waals surface area contributed by atoms with Gasteiger partial charge in [0.1, 0.15) is 0 Å². The van der Waals surface area contributed by atoms with Crippen LogP contribution in [0.4, 0.5) is 0 Å². The second-order valence-electron chi connectivity index (χ2n) is 6.86. The molecule has 0 spiro atoms. The number of rotatable bonds is 5. The number of benzene rings is 2. The predicted octanol–water partition coefficient (Wildman–Crippen LogP) is 2.00. The molecule has 27 heavy (non-hydrogen) atoms. The largest absolute Gasteiger partial charge is 0.352 e. The Morgan fingerprint density at radius 3 is 2.37 bits per heavy atom. The Labute approximate surface area is 160 Å². The summed E-state index contributed by atoms with van der Waals surface area (Å²) in [6.45, 7) is 3.64. The summed E-state index contributed by atoms with van der Waals surface area (Å²) in [5.41, 5.74) is 1.86. The van der Waals surface area contributed by atoms with Crippen LogP contribution in [-0.4, -0.2) is 50.2 Å². The first-order chi connectivity index (χ1) is 12.9. The summed E-state index contributed by atoms with van der Waals surface area (Å²) in [5.74, 6) is -0.116. The number of hydrogen-bond donors (Lipinski definition) is 1. The third-order valence-corrected chi connectivity index (χ3v) is 6.71. The summed E-state index contributed by atoms with van der Waals surface area (Å²) in [4.78, 5) is 13.5. The van der Waals surface area contributed by atoms with E-state index < -0.39 is 10.0 Å². The molecule has 1 fully saturated rings. The lowest BCUT2D eigenvalue weighted by atomic mass is 10.1. The van der Waals surface area contributed by atoms with Crippen molar-refractivity contribution >= 4 is 15.9 Å². The molecule has 0 bridgehead atoms. The van der Waals surface area contributed by atoms with Crippen LogP contribution in [0.5, 0.6) is 0 Å². The molecule has 1 aliphatic heterocycles. The molecule has 0 aromatic heterocycles.